The molecule has 0 spiro atoms. The summed E-state index contributed by atoms with van der Waals surface area (Å²) in [6.45, 7) is 9.02. The average molecular weight is 362 g/mol. The standard InChI is InChI=1S/C19H30N4O3/c1-14-17(15(2)21-19(25)20-14)6-7-18(24)23-8-4-3-5-16(23)13-22-9-11-26-12-10-22/h16H,3-13H2,1-2H3,(H,20,21,25)/t16-/m1/s1. The van der Waals surface area contributed by atoms with Gasteiger partial charge in [0.2, 0.25) is 5.91 Å². The highest BCUT2D eigenvalue weighted by atomic mass is 16.5. The van der Waals surface area contributed by atoms with Gasteiger partial charge in [-0.25, -0.2) is 4.79 Å². The molecule has 2 fully saturated rings. The van der Waals surface area contributed by atoms with E-state index in [1.54, 1.807) is 0 Å². The summed E-state index contributed by atoms with van der Waals surface area (Å²) in [5.74, 6) is 0.216. The molecule has 7 nitrogen and oxygen atoms in total. The van der Waals surface area contributed by atoms with Crippen molar-refractivity contribution in [2.45, 2.75) is 52.0 Å². The zero-order chi connectivity index (χ0) is 18.5. The number of aryl methyl sites for hydroxylation is 2. The lowest BCUT2D eigenvalue weighted by Gasteiger charge is -2.39. The molecule has 2 aliphatic rings. The second-order valence-corrected chi connectivity index (χ2v) is 7.38. The number of carbonyl (C=O) groups is 1. The largest absolute Gasteiger partial charge is 0.379 e. The van der Waals surface area contributed by atoms with Crippen molar-refractivity contribution in [1.82, 2.24) is 19.8 Å². The maximum absolute atomic E-state index is 12.9. The van der Waals surface area contributed by atoms with Crippen LogP contribution in [0.15, 0.2) is 4.79 Å². The van der Waals surface area contributed by atoms with Gasteiger partial charge in [-0.05, 0) is 45.1 Å². The Morgan fingerprint density at radius 1 is 1.23 bits per heavy atom. The molecule has 0 radical (unpaired) electrons. The molecule has 3 heterocycles. The van der Waals surface area contributed by atoms with Crippen molar-refractivity contribution in [3.8, 4) is 0 Å². The molecule has 1 N–H and O–H groups in total. The Kier molecular flexibility index (Phi) is 6.43. The van der Waals surface area contributed by atoms with Gasteiger partial charge in [0.25, 0.3) is 0 Å². The summed E-state index contributed by atoms with van der Waals surface area (Å²) < 4.78 is 5.43. The first-order valence-electron chi connectivity index (χ1n) is 9.70. The van der Waals surface area contributed by atoms with Gasteiger partial charge in [0.1, 0.15) is 0 Å². The van der Waals surface area contributed by atoms with Crippen LogP contribution in [-0.2, 0) is 16.0 Å². The van der Waals surface area contributed by atoms with Crippen molar-refractivity contribution in [3.63, 3.8) is 0 Å². The van der Waals surface area contributed by atoms with Crippen LogP contribution in [0, 0.1) is 13.8 Å². The van der Waals surface area contributed by atoms with Crippen molar-refractivity contribution < 1.29 is 9.53 Å². The van der Waals surface area contributed by atoms with E-state index in [1.165, 1.54) is 6.42 Å². The summed E-state index contributed by atoms with van der Waals surface area (Å²) in [7, 11) is 0. The molecule has 1 aromatic rings. The van der Waals surface area contributed by atoms with Crippen LogP contribution < -0.4 is 5.69 Å². The van der Waals surface area contributed by atoms with Crippen molar-refractivity contribution >= 4 is 5.91 Å². The monoisotopic (exact) mass is 362 g/mol. The summed E-state index contributed by atoms with van der Waals surface area (Å²) in [4.78, 5) is 35.5. The number of likely N-dealkylation sites (tertiary alicyclic amines) is 1. The molecule has 0 unspecified atom stereocenters. The predicted molar refractivity (Wildman–Crippen MR) is 99.3 cm³/mol. The molecule has 0 aliphatic carbocycles. The van der Waals surface area contributed by atoms with E-state index in [-0.39, 0.29) is 11.6 Å². The Hall–Kier alpha value is -1.73. The average Bonchev–Trinajstić information content (AvgIpc) is 2.62. The molecule has 1 atom stereocenters. The second-order valence-electron chi connectivity index (χ2n) is 7.38. The molecule has 0 saturated carbocycles. The van der Waals surface area contributed by atoms with Gasteiger partial charge in [-0.15, -0.1) is 0 Å². The van der Waals surface area contributed by atoms with Crippen LogP contribution >= 0.6 is 0 Å². The van der Waals surface area contributed by atoms with Crippen LogP contribution in [0.4, 0.5) is 0 Å². The Morgan fingerprint density at radius 2 is 2.00 bits per heavy atom. The van der Waals surface area contributed by atoms with Crippen LogP contribution in [0.1, 0.15) is 42.6 Å². The summed E-state index contributed by atoms with van der Waals surface area (Å²) in [5.41, 5.74) is 2.21. The highest BCUT2D eigenvalue weighted by Gasteiger charge is 2.28. The third kappa shape index (κ3) is 4.71. The van der Waals surface area contributed by atoms with E-state index in [4.69, 9.17) is 4.74 Å². The fourth-order valence-corrected chi connectivity index (χ4v) is 4.10. The number of nitrogens with one attached hydrogen (secondary N) is 1. The first-order valence-corrected chi connectivity index (χ1v) is 9.70. The fraction of sp³-hybridized carbons (Fsp3) is 0.737. The maximum atomic E-state index is 12.9. The minimum Gasteiger partial charge on any atom is -0.379 e. The SMILES string of the molecule is Cc1nc(=O)[nH]c(C)c1CCC(=O)N1CCCC[C@@H]1CN1CCOCC1. The van der Waals surface area contributed by atoms with Crippen molar-refractivity contribution in [1.29, 1.82) is 0 Å². The van der Waals surface area contributed by atoms with Crippen LogP contribution in [0.25, 0.3) is 0 Å². The number of hydrogen-bond donors (Lipinski definition) is 1. The number of aromatic amines is 1. The topological polar surface area (TPSA) is 78.5 Å². The van der Waals surface area contributed by atoms with Gasteiger partial charge < -0.3 is 14.6 Å². The molecule has 1 aromatic heterocycles. The van der Waals surface area contributed by atoms with Crippen molar-refractivity contribution in [3.05, 3.63) is 27.4 Å². The highest BCUT2D eigenvalue weighted by molar-refractivity contribution is 5.77. The molecule has 26 heavy (non-hydrogen) atoms. The van der Waals surface area contributed by atoms with Crippen molar-refractivity contribution in [2.75, 3.05) is 39.4 Å². The molecule has 2 aliphatic heterocycles. The molecule has 1 amide bonds. The molecule has 0 bridgehead atoms. The third-order valence-electron chi connectivity index (χ3n) is 5.56. The van der Waals surface area contributed by atoms with Gasteiger partial charge in [0, 0.05) is 50.0 Å². The number of piperidine rings is 1. The number of amides is 1. The van der Waals surface area contributed by atoms with E-state index >= 15 is 0 Å². The van der Waals surface area contributed by atoms with Gasteiger partial charge in [0.15, 0.2) is 0 Å². The van der Waals surface area contributed by atoms with Gasteiger partial charge in [-0.1, -0.05) is 0 Å². The quantitative estimate of drug-likeness (QED) is 0.846. The lowest BCUT2D eigenvalue weighted by atomic mass is 9.99. The molecule has 3 rings (SSSR count). The fourth-order valence-electron chi connectivity index (χ4n) is 4.10. The molecular formula is C19H30N4O3. The molecular weight excluding hydrogens is 332 g/mol. The minimum absolute atomic E-state index is 0.216. The zero-order valence-electron chi connectivity index (χ0n) is 15.9. The number of hydrogen-bond acceptors (Lipinski definition) is 5. The van der Waals surface area contributed by atoms with E-state index in [1.807, 2.05) is 13.8 Å². The summed E-state index contributed by atoms with van der Waals surface area (Å²) >= 11 is 0. The van der Waals surface area contributed by atoms with Gasteiger partial charge >= 0.3 is 5.69 Å². The Bertz CT molecular complexity index is 656. The van der Waals surface area contributed by atoms with Gasteiger partial charge in [0.05, 0.1) is 13.2 Å². The maximum Gasteiger partial charge on any atom is 0.345 e. The number of carbonyl (C=O) groups excluding carboxylic acids is 1. The number of morpholine rings is 1. The van der Waals surface area contributed by atoms with Crippen LogP contribution in [0.2, 0.25) is 0 Å². The second kappa shape index (κ2) is 8.77. The minimum atomic E-state index is -0.323. The highest BCUT2D eigenvalue weighted by Crippen LogP contribution is 2.20. The van der Waals surface area contributed by atoms with E-state index < -0.39 is 0 Å². The van der Waals surface area contributed by atoms with Crippen LogP contribution in [0.5, 0.6) is 0 Å². The first kappa shape index (κ1) is 19.0. The summed E-state index contributed by atoms with van der Waals surface area (Å²) in [5, 5.41) is 0. The normalized spacial score (nSPS) is 21.8. The van der Waals surface area contributed by atoms with E-state index in [0.717, 1.165) is 69.2 Å². The first-order chi connectivity index (χ1) is 12.5. The van der Waals surface area contributed by atoms with Crippen LogP contribution in [0.3, 0.4) is 0 Å². The third-order valence-corrected chi connectivity index (χ3v) is 5.56. The van der Waals surface area contributed by atoms with E-state index in [9.17, 15) is 9.59 Å². The number of nitrogens with zero attached hydrogens (tertiary/aromatic N) is 3. The number of H-pyrrole nitrogens is 1. The Morgan fingerprint density at radius 3 is 2.73 bits per heavy atom. The van der Waals surface area contributed by atoms with Crippen molar-refractivity contribution in [2.24, 2.45) is 0 Å². The molecule has 7 heteroatoms. The Balaban J connectivity index is 1.60. The van der Waals surface area contributed by atoms with Crippen LogP contribution in [-0.4, -0.2) is 71.1 Å². The summed E-state index contributed by atoms with van der Waals surface area (Å²) in [6, 6.07) is 0.310. The molecule has 2 saturated heterocycles. The smallest absolute Gasteiger partial charge is 0.345 e. The Labute approximate surface area is 154 Å². The van der Waals surface area contributed by atoms with Gasteiger partial charge in [-0.2, -0.15) is 4.98 Å². The van der Waals surface area contributed by atoms with Gasteiger partial charge in [-0.3, -0.25) is 9.69 Å². The number of ether oxygens (including phenoxy) is 1. The zero-order valence-corrected chi connectivity index (χ0v) is 15.9. The lowest BCUT2D eigenvalue weighted by Crippen LogP contribution is -2.51. The predicted octanol–water partition coefficient (Wildman–Crippen LogP) is 1.03. The number of rotatable bonds is 5. The number of aromatic nitrogens is 2. The van der Waals surface area contributed by atoms with E-state index in [2.05, 4.69) is 19.8 Å². The molecule has 144 valence electrons. The lowest BCUT2D eigenvalue weighted by molar-refractivity contribution is -0.135. The van der Waals surface area contributed by atoms with E-state index in [0.29, 0.717) is 18.9 Å². The summed E-state index contributed by atoms with van der Waals surface area (Å²) in [6.07, 6.45) is 4.46. The molecule has 0 aromatic carbocycles.